The molecule has 2 rings (SSSR count). The Morgan fingerprint density at radius 2 is 1.90 bits per heavy atom. The van der Waals surface area contributed by atoms with Crippen LogP contribution in [-0.4, -0.2) is 44.0 Å². The summed E-state index contributed by atoms with van der Waals surface area (Å²) in [6.45, 7) is 5.27. The van der Waals surface area contributed by atoms with Gasteiger partial charge in [0.1, 0.15) is 5.75 Å². The molecule has 2 aromatic rings. The van der Waals surface area contributed by atoms with Crippen molar-refractivity contribution in [2.24, 2.45) is 0 Å². The number of halogens is 2. The second kappa shape index (κ2) is 11.9. The van der Waals surface area contributed by atoms with Crippen molar-refractivity contribution in [3.05, 3.63) is 58.9 Å². The van der Waals surface area contributed by atoms with Gasteiger partial charge in [0.25, 0.3) is 0 Å². The molecular weight excluding hydrogens is 405 g/mol. The van der Waals surface area contributed by atoms with Gasteiger partial charge in [-0.2, -0.15) is 0 Å². The highest BCUT2D eigenvalue weighted by atomic mass is 35.5. The van der Waals surface area contributed by atoms with Crippen LogP contribution in [0.15, 0.2) is 42.5 Å². The van der Waals surface area contributed by atoms with E-state index in [1.807, 2.05) is 51.0 Å². The van der Waals surface area contributed by atoms with E-state index in [4.69, 9.17) is 16.3 Å². The predicted molar refractivity (Wildman–Crippen MR) is 120 cm³/mol. The van der Waals surface area contributed by atoms with Crippen molar-refractivity contribution in [3.8, 4) is 11.5 Å². The van der Waals surface area contributed by atoms with E-state index in [2.05, 4.69) is 10.6 Å². The number of hydrogen-bond acceptors (Lipinski definition) is 4. The highest BCUT2D eigenvalue weighted by Crippen LogP contribution is 2.36. The molecule has 0 saturated carbocycles. The van der Waals surface area contributed by atoms with E-state index in [1.54, 1.807) is 24.3 Å². The van der Waals surface area contributed by atoms with Crippen LogP contribution in [0, 0.1) is 5.82 Å². The zero-order valence-electron chi connectivity index (χ0n) is 18.0. The fourth-order valence-corrected chi connectivity index (χ4v) is 3.30. The third kappa shape index (κ3) is 7.27. The maximum atomic E-state index is 15.3. The van der Waals surface area contributed by atoms with Gasteiger partial charge < -0.3 is 20.3 Å². The monoisotopic (exact) mass is 435 g/mol. The Hall–Kier alpha value is -2.15. The SMILES string of the molecule is CC[C@@H](N[C@H](C)CC(=O)NCCN(C)C)c1ccc(Cl)c(Oc2ccccc2)c1F. The van der Waals surface area contributed by atoms with Gasteiger partial charge >= 0.3 is 0 Å². The Morgan fingerprint density at radius 3 is 2.53 bits per heavy atom. The molecular formula is C23H31ClFN3O2. The number of benzene rings is 2. The summed E-state index contributed by atoms with van der Waals surface area (Å²) in [5, 5.41) is 6.46. The topological polar surface area (TPSA) is 53.6 Å². The van der Waals surface area contributed by atoms with E-state index >= 15 is 4.39 Å². The van der Waals surface area contributed by atoms with Crippen molar-refractivity contribution < 1.29 is 13.9 Å². The molecule has 164 valence electrons. The van der Waals surface area contributed by atoms with E-state index in [0.29, 0.717) is 30.7 Å². The second-order valence-electron chi connectivity index (χ2n) is 7.58. The van der Waals surface area contributed by atoms with Gasteiger partial charge in [-0.05, 0) is 45.6 Å². The van der Waals surface area contributed by atoms with Crippen LogP contribution in [0.5, 0.6) is 11.5 Å². The summed E-state index contributed by atoms with van der Waals surface area (Å²) < 4.78 is 21.0. The fraction of sp³-hybridized carbons (Fsp3) is 0.435. The Morgan fingerprint density at radius 1 is 1.20 bits per heavy atom. The van der Waals surface area contributed by atoms with Gasteiger partial charge in [0.15, 0.2) is 11.6 Å². The lowest BCUT2D eigenvalue weighted by atomic mass is 10.0. The van der Waals surface area contributed by atoms with Crippen LogP contribution in [0.4, 0.5) is 4.39 Å². The first-order chi connectivity index (χ1) is 14.3. The molecule has 0 radical (unpaired) electrons. The van der Waals surface area contributed by atoms with E-state index in [9.17, 15) is 4.79 Å². The Bertz CT molecular complexity index is 818. The quantitative estimate of drug-likeness (QED) is 0.534. The van der Waals surface area contributed by atoms with Crippen LogP contribution in [0.2, 0.25) is 5.02 Å². The number of carbonyl (C=O) groups is 1. The average molecular weight is 436 g/mol. The van der Waals surface area contributed by atoms with Gasteiger partial charge in [-0.3, -0.25) is 4.79 Å². The van der Waals surface area contributed by atoms with Gasteiger partial charge in [0, 0.05) is 37.2 Å². The van der Waals surface area contributed by atoms with E-state index in [1.165, 1.54) is 0 Å². The van der Waals surface area contributed by atoms with Crippen LogP contribution < -0.4 is 15.4 Å². The summed E-state index contributed by atoms with van der Waals surface area (Å²) in [4.78, 5) is 14.1. The molecule has 30 heavy (non-hydrogen) atoms. The molecule has 1 amide bonds. The number of nitrogens with zero attached hydrogens (tertiary/aromatic N) is 1. The van der Waals surface area contributed by atoms with Crippen molar-refractivity contribution >= 4 is 17.5 Å². The fourth-order valence-electron chi connectivity index (χ4n) is 3.12. The molecule has 2 aromatic carbocycles. The zero-order chi connectivity index (χ0) is 22.1. The molecule has 2 N–H and O–H groups in total. The first-order valence-corrected chi connectivity index (χ1v) is 10.6. The predicted octanol–water partition coefficient (Wildman–Crippen LogP) is 4.77. The molecule has 0 fully saturated rings. The Kier molecular flexibility index (Phi) is 9.56. The number of hydrogen-bond donors (Lipinski definition) is 2. The molecule has 0 heterocycles. The van der Waals surface area contributed by atoms with Crippen molar-refractivity contribution in [1.29, 1.82) is 0 Å². The van der Waals surface area contributed by atoms with Crippen LogP contribution in [0.3, 0.4) is 0 Å². The first-order valence-electron chi connectivity index (χ1n) is 10.2. The highest BCUT2D eigenvalue weighted by molar-refractivity contribution is 6.32. The van der Waals surface area contributed by atoms with Crippen molar-refractivity contribution in [2.75, 3.05) is 27.2 Å². The average Bonchev–Trinajstić information content (AvgIpc) is 2.70. The largest absolute Gasteiger partial charge is 0.453 e. The molecule has 0 bridgehead atoms. The molecule has 0 spiro atoms. The van der Waals surface area contributed by atoms with Gasteiger partial charge in [-0.25, -0.2) is 4.39 Å². The summed E-state index contributed by atoms with van der Waals surface area (Å²) in [5.41, 5.74) is 0.465. The minimum Gasteiger partial charge on any atom is -0.453 e. The third-order valence-electron chi connectivity index (χ3n) is 4.68. The van der Waals surface area contributed by atoms with E-state index in [-0.39, 0.29) is 28.8 Å². The van der Waals surface area contributed by atoms with Crippen LogP contribution >= 0.6 is 11.6 Å². The number of para-hydroxylation sites is 1. The van der Waals surface area contributed by atoms with Crippen LogP contribution in [-0.2, 0) is 4.79 Å². The van der Waals surface area contributed by atoms with E-state index < -0.39 is 5.82 Å². The maximum Gasteiger partial charge on any atom is 0.221 e. The minimum atomic E-state index is -0.492. The molecule has 0 unspecified atom stereocenters. The van der Waals surface area contributed by atoms with Crippen LogP contribution in [0.25, 0.3) is 0 Å². The number of likely N-dealkylation sites (N-methyl/N-ethyl adjacent to an activating group) is 1. The van der Waals surface area contributed by atoms with Crippen molar-refractivity contribution in [2.45, 2.75) is 38.8 Å². The smallest absolute Gasteiger partial charge is 0.221 e. The molecule has 7 heteroatoms. The number of ether oxygens (including phenoxy) is 1. The Balaban J connectivity index is 2.06. The normalized spacial score (nSPS) is 13.2. The summed E-state index contributed by atoms with van der Waals surface area (Å²) in [7, 11) is 3.91. The molecule has 5 nitrogen and oxygen atoms in total. The molecule has 2 atom stereocenters. The second-order valence-corrected chi connectivity index (χ2v) is 7.99. The molecule has 0 aliphatic carbocycles. The van der Waals surface area contributed by atoms with Gasteiger partial charge in [-0.15, -0.1) is 0 Å². The molecule has 0 aliphatic heterocycles. The minimum absolute atomic E-state index is 0.00898. The van der Waals surface area contributed by atoms with Crippen molar-refractivity contribution in [3.63, 3.8) is 0 Å². The van der Waals surface area contributed by atoms with Crippen LogP contribution in [0.1, 0.15) is 38.3 Å². The molecule has 0 aliphatic rings. The molecule has 0 saturated heterocycles. The van der Waals surface area contributed by atoms with Crippen molar-refractivity contribution in [1.82, 2.24) is 15.5 Å². The summed E-state index contributed by atoms with van der Waals surface area (Å²) >= 11 is 6.20. The molecule has 0 aromatic heterocycles. The standard InChI is InChI=1S/C23H31ClFN3O2/c1-5-20(27-16(2)15-21(29)26-13-14-28(3)4)18-11-12-19(24)23(22(18)25)30-17-9-7-6-8-10-17/h6-12,16,20,27H,5,13-15H2,1-4H3,(H,26,29)/t16-,20-/m1/s1. The van der Waals surface area contributed by atoms with Gasteiger partial charge in [0.05, 0.1) is 5.02 Å². The lowest BCUT2D eigenvalue weighted by molar-refractivity contribution is -0.121. The number of rotatable bonds is 11. The van der Waals surface area contributed by atoms with E-state index in [0.717, 1.165) is 6.54 Å². The lowest BCUT2D eigenvalue weighted by Crippen LogP contribution is -2.38. The summed E-state index contributed by atoms with van der Waals surface area (Å²) in [5.74, 6) is -0.00126. The third-order valence-corrected chi connectivity index (χ3v) is 4.98. The Labute approximate surface area is 183 Å². The number of nitrogens with one attached hydrogen (secondary N) is 2. The van der Waals surface area contributed by atoms with Gasteiger partial charge in [0.2, 0.25) is 5.91 Å². The van der Waals surface area contributed by atoms with Gasteiger partial charge in [-0.1, -0.05) is 42.8 Å². The number of carbonyl (C=O) groups excluding carboxylic acids is 1. The highest BCUT2D eigenvalue weighted by Gasteiger charge is 2.22. The summed E-state index contributed by atoms with van der Waals surface area (Å²) in [6, 6.07) is 11.9. The maximum absolute atomic E-state index is 15.3. The first kappa shape index (κ1) is 24.1. The lowest BCUT2D eigenvalue weighted by Gasteiger charge is -2.24. The zero-order valence-corrected chi connectivity index (χ0v) is 18.8. The summed E-state index contributed by atoms with van der Waals surface area (Å²) in [6.07, 6.45) is 0.961. The number of amides is 1.